The van der Waals surface area contributed by atoms with Gasteiger partial charge in [-0.05, 0) is 87.9 Å². The minimum Gasteiger partial charge on any atom is -0.436 e. The monoisotopic (exact) mass is 622 g/mol. The van der Waals surface area contributed by atoms with Crippen LogP contribution in [0.2, 0.25) is 5.02 Å². The molecule has 3 aliphatic heterocycles. The summed E-state index contributed by atoms with van der Waals surface area (Å²) in [4.78, 5) is 49.2. The number of nitrogens with zero attached hydrogens (tertiary/aromatic N) is 4. The highest BCUT2D eigenvalue weighted by Gasteiger charge is 2.35. The number of carbonyl (C=O) groups is 2. The number of fused-ring (bicyclic) bond motifs is 1. The van der Waals surface area contributed by atoms with Gasteiger partial charge in [-0.2, -0.15) is 0 Å². The van der Waals surface area contributed by atoms with Crippen LogP contribution < -0.4 is 11.4 Å². The van der Waals surface area contributed by atoms with Gasteiger partial charge in [-0.1, -0.05) is 36.2 Å². The van der Waals surface area contributed by atoms with Gasteiger partial charge in [-0.3, -0.25) is 9.36 Å². The van der Waals surface area contributed by atoms with Gasteiger partial charge in [-0.15, -0.1) is 0 Å². The molecule has 0 bridgehead atoms. The van der Waals surface area contributed by atoms with E-state index in [9.17, 15) is 14.4 Å². The molecule has 3 aromatic rings. The van der Waals surface area contributed by atoms with Crippen LogP contribution in [-0.2, 0) is 16.0 Å². The smallest absolute Gasteiger partial charge is 0.410 e. The topological polar surface area (TPSA) is 117 Å². The van der Waals surface area contributed by atoms with E-state index in [4.69, 9.17) is 22.1 Å². The maximum atomic E-state index is 13.9. The summed E-state index contributed by atoms with van der Waals surface area (Å²) in [6, 6.07) is 11.8. The summed E-state index contributed by atoms with van der Waals surface area (Å²) in [5.41, 5.74) is 9.73. The molecular weight excluding hydrogens is 580 g/mol. The van der Waals surface area contributed by atoms with Crippen molar-refractivity contribution in [2.45, 2.75) is 76.5 Å². The Bertz CT molecular complexity index is 1520. The first-order valence-electron chi connectivity index (χ1n) is 16.0. The molecule has 10 nitrogen and oxygen atoms in total. The highest BCUT2D eigenvalue weighted by atomic mass is 35.5. The van der Waals surface area contributed by atoms with Gasteiger partial charge in [0.2, 0.25) is 0 Å². The maximum absolute atomic E-state index is 13.9. The molecule has 3 saturated heterocycles. The number of aryl methyl sites for hydroxylation is 1. The average Bonchev–Trinajstić information content (AvgIpc) is 3.39. The Hall–Kier alpha value is -3.50. The molecule has 4 heterocycles. The number of anilines is 1. The second kappa shape index (κ2) is 13.2. The number of amides is 2. The van der Waals surface area contributed by atoms with Crippen LogP contribution in [0.15, 0.2) is 41.2 Å². The lowest BCUT2D eigenvalue weighted by Gasteiger charge is -2.41. The number of likely N-dealkylation sites (tertiary alicyclic amines) is 3. The first kappa shape index (κ1) is 30.5. The Morgan fingerprint density at radius 2 is 1.61 bits per heavy atom. The molecule has 44 heavy (non-hydrogen) atoms. The third-order valence-electron chi connectivity index (χ3n) is 9.73. The number of hydrogen-bond acceptors (Lipinski definition) is 6. The molecule has 2 aromatic carbocycles. The number of ether oxygens (including phenoxy) is 1. The number of aromatic nitrogens is 2. The largest absolute Gasteiger partial charge is 0.436 e. The Kier molecular flexibility index (Phi) is 9.18. The van der Waals surface area contributed by atoms with Gasteiger partial charge >= 0.3 is 11.8 Å². The standard InChI is InChI=1S/C33H43ClN6O4/c1-22-19-23(20-26(34)30(22)35)21-29(31(41)38-15-9-24(10-16-38)37-13-5-2-6-14-37)44-33(43)39-17-11-25(12-18-39)40-28-8-4-3-7-27(28)36-32(40)42/h3-4,7-8,19-20,24-25,29H,2,5-6,9-18,21,35H2,1H3,(H,36,42)/t29-/m1/s1. The molecule has 2 amide bonds. The van der Waals surface area contributed by atoms with Gasteiger partial charge < -0.3 is 30.2 Å². The SMILES string of the molecule is Cc1cc(C[C@@H](OC(=O)N2CCC(n3c(=O)[nH]c4ccccc43)CC2)C(=O)N2CCC(N3CCCCC3)CC2)cc(Cl)c1N. The van der Waals surface area contributed by atoms with Gasteiger partial charge in [0.05, 0.1) is 21.7 Å². The summed E-state index contributed by atoms with van der Waals surface area (Å²) in [5.74, 6) is -0.165. The molecule has 1 aromatic heterocycles. The highest BCUT2D eigenvalue weighted by molar-refractivity contribution is 6.33. The molecule has 3 fully saturated rings. The lowest BCUT2D eigenvalue weighted by molar-refractivity contribution is -0.142. The minimum atomic E-state index is -0.970. The molecule has 1 atom stereocenters. The van der Waals surface area contributed by atoms with Crippen molar-refractivity contribution in [2.24, 2.45) is 0 Å². The molecular formula is C33H43ClN6O4. The Morgan fingerprint density at radius 3 is 2.32 bits per heavy atom. The number of nitrogen functional groups attached to an aromatic ring is 1. The first-order valence-corrected chi connectivity index (χ1v) is 16.4. The van der Waals surface area contributed by atoms with E-state index in [1.54, 1.807) is 15.5 Å². The lowest BCUT2D eigenvalue weighted by Crippen LogP contribution is -2.52. The number of piperidine rings is 3. The number of hydrogen-bond donors (Lipinski definition) is 2. The molecule has 0 aliphatic carbocycles. The number of aromatic amines is 1. The number of H-pyrrole nitrogens is 1. The van der Waals surface area contributed by atoms with Crippen LogP contribution in [0.4, 0.5) is 10.5 Å². The average molecular weight is 623 g/mol. The number of nitrogens with one attached hydrogen (secondary N) is 1. The predicted molar refractivity (Wildman–Crippen MR) is 172 cm³/mol. The van der Waals surface area contributed by atoms with E-state index in [0.717, 1.165) is 48.1 Å². The van der Waals surface area contributed by atoms with Crippen molar-refractivity contribution in [3.05, 3.63) is 63.0 Å². The van der Waals surface area contributed by atoms with Crippen molar-refractivity contribution in [3.63, 3.8) is 0 Å². The number of benzene rings is 2. The third-order valence-corrected chi connectivity index (χ3v) is 10.0. The van der Waals surface area contributed by atoms with Crippen molar-refractivity contribution in [2.75, 3.05) is 45.0 Å². The van der Waals surface area contributed by atoms with Gasteiger partial charge in [0.1, 0.15) is 0 Å². The fourth-order valence-corrected chi connectivity index (χ4v) is 7.51. The highest BCUT2D eigenvalue weighted by Crippen LogP contribution is 2.28. The van der Waals surface area contributed by atoms with Crippen LogP contribution in [-0.4, -0.2) is 87.7 Å². The molecule has 236 valence electrons. The maximum Gasteiger partial charge on any atom is 0.410 e. The van der Waals surface area contributed by atoms with Crippen LogP contribution in [0, 0.1) is 6.92 Å². The molecule has 11 heteroatoms. The Labute approximate surface area is 263 Å². The molecule has 0 unspecified atom stereocenters. The van der Waals surface area contributed by atoms with Gasteiger partial charge in [0.25, 0.3) is 5.91 Å². The van der Waals surface area contributed by atoms with E-state index in [1.807, 2.05) is 42.2 Å². The molecule has 3 aliphatic rings. The molecule has 0 spiro atoms. The van der Waals surface area contributed by atoms with E-state index in [1.165, 1.54) is 19.3 Å². The summed E-state index contributed by atoms with van der Waals surface area (Å²) < 4.78 is 7.81. The van der Waals surface area contributed by atoms with Crippen molar-refractivity contribution >= 4 is 40.3 Å². The van der Waals surface area contributed by atoms with E-state index in [2.05, 4.69) is 9.88 Å². The van der Waals surface area contributed by atoms with E-state index >= 15 is 0 Å². The van der Waals surface area contributed by atoms with Gasteiger partial charge in [-0.25, -0.2) is 9.59 Å². The number of para-hydroxylation sites is 2. The lowest BCUT2D eigenvalue weighted by atomic mass is 9.98. The normalized spacial score (nSPS) is 19.8. The van der Waals surface area contributed by atoms with Crippen LogP contribution in [0.3, 0.4) is 0 Å². The zero-order chi connectivity index (χ0) is 30.8. The molecule has 0 saturated carbocycles. The fourth-order valence-electron chi connectivity index (χ4n) is 7.22. The van der Waals surface area contributed by atoms with Crippen LogP contribution >= 0.6 is 11.6 Å². The van der Waals surface area contributed by atoms with Crippen molar-refractivity contribution in [1.82, 2.24) is 24.3 Å². The number of carbonyl (C=O) groups excluding carboxylic acids is 2. The molecule has 0 radical (unpaired) electrons. The summed E-state index contributed by atoms with van der Waals surface area (Å²) in [6.07, 6.45) is 5.63. The zero-order valence-electron chi connectivity index (χ0n) is 25.5. The van der Waals surface area contributed by atoms with Crippen LogP contribution in [0.1, 0.15) is 62.1 Å². The van der Waals surface area contributed by atoms with E-state index in [0.29, 0.717) is 55.8 Å². The molecule has 6 rings (SSSR count). The first-order chi connectivity index (χ1) is 21.3. The van der Waals surface area contributed by atoms with Crippen molar-refractivity contribution < 1.29 is 14.3 Å². The van der Waals surface area contributed by atoms with E-state index in [-0.39, 0.29) is 24.1 Å². The summed E-state index contributed by atoms with van der Waals surface area (Å²) >= 11 is 6.38. The van der Waals surface area contributed by atoms with Crippen molar-refractivity contribution in [1.29, 1.82) is 0 Å². The number of imidazole rings is 1. The Morgan fingerprint density at radius 1 is 0.955 bits per heavy atom. The van der Waals surface area contributed by atoms with Gasteiger partial charge in [0.15, 0.2) is 6.10 Å². The summed E-state index contributed by atoms with van der Waals surface area (Å²) in [6.45, 7) is 6.33. The van der Waals surface area contributed by atoms with Crippen LogP contribution in [0.5, 0.6) is 0 Å². The second-order valence-electron chi connectivity index (χ2n) is 12.6. The summed E-state index contributed by atoms with van der Waals surface area (Å²) in [7, 11) is 0. The quantitative estimate of drug-likeness (QED) is 0.384. The fraction of sp³-hybridized carbons (Fsp3) is 0.545. The predicted octanol–water partition coefficient (Wildman–Crippen LogP) is 4.74. The third kappa shape index (κ3) is 6.47. The minimum absolute atomic E-state index is 0.0266. The molecule has 3 N–H and O–H groups in total. The summed E-state index contributed by atoms with van der Waals surface area (Å²) in [5, 5.41) is 0.425. The Balaban J connectivity index is 1.13. The number of nitrogens with two attached hydrogens (primary N) is 1. The van der Waals surface area contributed by atoms with Gasteiger partial charge in [0, 0.05) is 44.7 Å². The number of halogens is 1. The van der Waals surface area contributed by atoms with Crippen molar-refractivity contribution in [3.8, 4) is 0 Å². The number of rotatable bonds is 6. The van der Waals surface area contributed by atoms with Crippen LogP contribution in [0.25, 0.3) is 11.0 Å². The second-order valence-corrected chi connectivity index (χ2v) is 13.0. The zero-order valence-corrected chi connectivity index (χ0v) is 26.2. The van der Waals surface area contributed by atoms with E-state index < -0.39 is 12.2 Å².